The Labute approximate surface area is 84.4 Å². The summed E-state index contributed by atoms with van der Waals surface area (Å²) >= 11 is 1.95. The topological polar surface area (TPSA) is 20.3 Å². The number of allylic oxidation sites excluding steroid dienone is 1. The Bertz CT molecular complexity index is 203. The highest BCUT2D eigenvalue weighted by molar-refractivity contribution is 7.99. The molecule has 1 atom stereocenters. The molecule has 1 heterocycles. The fourth-order valence-corrected chi connectivity index (χ4v) is 2.45. The van der Waals surface area contributed by atoms with Crippen LogP contribution in [-0.2, 0) is 4.79 Å². The summed E-state index contributed by atoms with van der Waals surface area (Å²) in [5.41, 5.74) is 0. The van der Waals surface area contributed by atoms with Crippen molar-refractivity contribution in [3.05, 3.63) is 12.2 Å². The first kappa shape index (κ1) is 10.6. The largest absolute Gasteiger partial charge is 0.338 e. The zero-order valence-corrected chi connectivity index (χ0v) is 9.14. The van der Waals surface area contributed by atoms with Crippen molar-refractivity contribution < 1.29 is 4.79 Å². The quantitative estimate of drug-likeness (QED) is 0.600. The van der Waals surface area contributed by atoms with Crippen LogP contribution in [0.15, 0.2) is 12.2 Å². The molecule has 1 aliphatic rings. The first-order valence-electron chi connectivity index (χ1n) is 4.73. The average Bonchev–Trinajstić information content (AvgIpc) is 2.30. The maximum absolute atomic E-state index is 11.5. The fourth-order valence-electron chi connectivity index (χ4n) is 1.43. The molecule has 1 saturated heterocycles. The molecule has 1 aliphatic heterocycles. The maximum atomic E-state index is 11.5. The molecule has 2 nitrogen and oxygen atoms in total. The lowest BCUT2D eigenvalue weighted by Crippen LogP contribution is -2.33. The van der Waals surface area contributed by atoms with Crippen LogP contribution in [0.5, 0.6) is 0 Å². The molecule has 74 valence electrons. The highest BCUT2D eigenvalue weighted by atomic mass is 32.2. The summed E-state index contributed by atoms with van der Waals surface area (Å²) in [6, 6.07) is 0. The number of carbonyl (C=O) groups excluding carboxylic acids is 1. The minimum Gasteiger partial charge on any atom is -0.338 e. The lowest BCUT2D eigenvalue weighted by Gasteiger charge is -2.20. The van der Waals surface area contributed by atoms with E-state index >= 15 is 0 Å². The minimum atomic E-state index is 0.164. The van der Waals surface area contributed by atoms with Gasteiger partial charge in [-0.25, -0.2) is 0 Å². The molecule has 13 heavy (non-hydrogen) atoms. The van der Waals surface area contributed by atoms with Gasteiger partial charge >= 0.3 is 0 Å². The second-order valence-corrected chi connectivity index (χ2v) is 4.61. The van der Waals surface area contributed by atoms with Crippen LogP contribution in [0.2, 0.25) is 0 Å². The van der Waals surface area contributed by atoms with E-state index in [0.29, 0.717) is 5.92 Å². The molecule has 0 saturated carbocycles. The summed E-state index contributed by atoms with van der Waals surface area (Å²) in [5.74, 6) is 3.05. The summed E-state index contributed by atoms with van der Waals surface area (Å²) in [7, 11) is 0. The Balaban J connectivity index is 2.51. The summed E-state index contributed by atoms with van der Waals surface area (Å²) in [5, 5.41) is 0. The molecule has 0 spiro atoms. The van der Waals surface area contributed by atoms with Crippen molar-refractivity contribution in [1.29, 1.82) is 0 Å². The van der Waals surface area contributed by atoms with Gasteiger partial charge in [0, 0.05) is 18.8 Å². The highest BCUT2D eigenvalue weighted by Crippen LogP contribution is 2.15. The summed E-state index contributed by atoms with van der Waals surface area (Å²) in [4.78, 5) is 13.5. The number of amides is 1. The van der Waals surface area contributed by atoms with Gasteiger partial charge in [-0.15, -0.1) is 0 Å². The fraction of sp³-hybridized carbons (Fsp3) is 0.700. The van der Waals surface area contributed by atoms with Crippen LogP contribution in [0.25, 0.3) is 0 Å². The smallest absolute Gasteiger partial charge is 0.246 e. The van der Waals surface area contributed by atoms with Crippen LogP contribution in [0.1, 0.15) is 13.8 Å². The lowest BCUT2D eigenvalue weighted by atomic mass is 10.2. The number of hydrogen-bond donors (Lipinski definition) is 0. The number of carbonyl (C=O) groups is 1. The Morgan fingerprint density at radius 1 is 1.62 bits per heavy atom. The van der Waals surface area contributed by atoms with Crippen molar-refractivity contribution in [2.75, 3.05) is 24.6 Å². The molecule has 1 amide bonds. The van der Waals surface area contributed by atoms with Gasteiger partial charge in [0.05, 0.1) is 0 Å². The van der Waals surface area contributed by atoms with Gasteiger partial charge in [-0.2, -0.15) is 11.8 Å². The standard InChI is InChI=1S/C10H17NOS/c1-3-4-10(12)11-5-6-13-8-9(2)7-11/h3-4,9H,5-8H2,1-2H3/b4-3+. The monoisotopic (exact) mass is 199 g/mol. The van der Waals surface area contributed by atoms with Crippen LogP contribution in [0.4, 0.5) is 0 Å². The third-order valence-corrected chi connectivity index (χ3v) is 3.34. The van der Waals surface area contributed by atoms with Gasteiger partial charge in [-0.05, 0) is 24.7 Å². The molecular formula is C10H17NOS. The second-order valence-electron chi connectivity index (χ2n) is 3.46. The molecule has 0 N–H and O–H groups in total. The van der Waals surface area contributed by atoms with Crippen molar-refractivity contribution in [2.45, 2.75) is 13.8 Å². The van der Waals surface area contributed by atoms with E-state index in [1.165, 1.54) is 5.75 Å². The van der Waals surface area contributed by atoms with Gasteiger partial charge < -0.3 is 4.90 Å². The molecule has 1 unspecified atom stereocenters. The average molecular weight is 199 g/mol. The predicted octanol–water partition coefficient (Wildman–Crippen LogP) is 1.77. The first-order valence-corrected chi connectivity index (χ1v) is 5.89. The van der Waals surface area contributed by atoms with E-state index in [0.717, 1.165) is 18.8 Å². The number of thioether (sulfide) groups is 1. The van der Waals surface area contributed by atoms with Crippen molar-refractivity contribution >= 4 is 17.7 Å². The molecule has 1 rings (SSSR count). The first-order chi connectivity index (χ1) is 6.24. The van der Waals surface area contributed by atoms with E-state index in [2.05, 4.69) is 6.92 Å². The second kappa shape index (κ2) is 5.32. The molecule has 0 aromatic carbocycles. The van der Waals surface area contributed by atoms with Crippen LogP contribution < -0.4 is 0 Å². The zero-order chi connectivity index (χ0) is 9.68. The van der Waals surface area contributed by atoms with E-state index in [9.17, 15) is 4.79 Å². The van der Waals surface area contributed by atoms with Crippen molar-refractivity contribution in [3.63, 3.8) is 0 Å². The molecule has 0 aromatic heterocycles. The molecule has 0 aliphatic carbocycles. The zero-order valence-electron chi connectivity index (χ0n) is 8.32. The van der Waals surface area contributed by atoms with Gasteiger partial charge in [0.2, 0.25) is 5.91 Å². The third kappa shape index (κ3) is 3.43. The van der Waals surface area contributed by atoms with Crippen molar-refractivity contribution in [1.82, 2.24) is 4.90 Å². The van der Waals surface area contributed by atoms with Gasteiger partial charge in [0.1, 0.15) is 0 Å². The molecule has 1 fully saturated rings. The number of nitrogens with zero attached hydrogens (tertiary/aromatic N) is 1. The molecule has 0 bridgehead atoms. The summed E-state index contributed by atoms with van der Waals surface area (Å²) < 4.78 is 0. The molecular weight excluding hydrogens is 182 g/mol. The minimum absolute atomic E-state index is 0.164. The number of hydrogen-bond acceptors (Lipinski definition) is 2. The third-order valence-electron chi connectivity index (χ3n) is 2.06. The maximum Gasteiger partial charge on any atom is 0.246 e. The highest BCUT2D eigenvalue weighted by Gasteiger charge is 2.17. The normalized spacial score (nSPS) is 24.8. The van der Waals surface area contributed by atoms with Crippen LogP contribution in [0.3, 0.4) is 0 Å². The summed E-state index contributed by atoms with van der Waals surface area (Å²) in [6.07, 6.45) is 3.47. The van der Waals surface area contributed by atoms with E-state index < -0.39 is 0 Å². The van der Waals surface area contributed by atoms with Gasteiger partial charge in [-0.3, -0.25) is 4.79 Å². The van der Waals surface area contributed by atoms with Crippen LogP contribution >= 0.6 is 11.8 Å². The molecule has 0 aromatic rings. The van der Waals surface area contributed by atoms with Gasteiger partial charge in [-0.1, -0.05) is 13.0 Å². The summed E-state index contributed by atoms with van der Waals surface area (Å²) in [6.45, 7) is 5.90. The van der Waals surface area contributed by atoms with Crippen molar-refractivity contribution in [3.8, 4) is 0 Å². The molecule has 3 heteroatoms. The Hall–Kier alpha value is -0.440. The van der Waals surface area contributed by atoms with E-state index in [-0.39, 0.29) is 5.91 Å². The SMILES string of the molecule is C/C=C/C(=O)N1CCSCC(C)C1. The predicted molar refractivity (Wildman–Crippen MR) is 57.9 cm³/mol. The van der Waals surface area contributed by atoms with E-state index in [1.54, 1.807) is 6.08 Å². The number of rotatable bonds is 1. The van der Waals surface area contributed by atoms with Crippen LogP contribution in [-0.4, -0.2) is 35.4 Å². The Morgan fingerprint density at radius 2 is 2.38 bits per heavy atom. The molecule has 0 radical (unpaired) electrons. The van der Waals surface area contributed by atoms with Gasteiger partial charge in [0.15, 0.2) is 0 Å². The van der Waals surface area contributed by atoms with E-state index in [4.69, 9.17) is 0 Å². The van der Waals surface area contributed by atoms with Gasteiger partial charge in [0.25, 0.3) is 0 Å². The van der Waals surface area contributed by atoms with E-state index in [1.807, 2.05) is 29.7 Å². The Kier molecular flexibility index (Phi) is 4.36. The lowest BCUT2D eigenvalue weighted by molar-refractivity contribution is -0.126. The Morgan fingerprint density at radius 3 is 3.08 bits per heavy atom. The van der Waals surface area contributed by atoms with Crippen LogP contribution in [0, 0.1) is 5.92 Å². The van der Waals surface area contributed by atoms with Crippen molar-refractivity contribution in [2.24, 2.45) is 5.92 Å².